The van der Waals surface area contributed by atoms with Crippen molar-refractivity contribution in [2.45, 2.75) is 38.6 Å². The topological polar surface area (TPSA) is 63.8 Å². The Labute approximate surface area is 136 Å². The van der Waals surface area contributed by atoms with Gasteiger partial charge in [0.1, 0.15) is 5.82 Å². The predicted molar refractivity (Wildman–Crippen MR) is 86.5 cm³/mol. The van der Waals surface area contributed by atoms with Crippen molar-refractivity contribution in [1.29, 1.82) is 0 Å². The average molecular weight is 373 g/mol. The second-order valence-corrected chi connectivity index (χ2v) is 7.53. The molecule has 0 fully saturated rings. The van der Waals surface area contributed by atoms with Gasteiger partial charge in [-0.1, -0.05) is 41.2 Å². The lowest BCUT2D eigenvalue weighted by Crippen LogP contribution is -2.31. The summed E-state index contributed by atoms with van der Waals surface area (Å²) >= 11 is 4.77. The SMILES string of the molecule is CC(C)(C)c1nnsc1C(Cc1cc(F)ccc1Br)NN. The molecule has 0 saturated carbocycles. The molecule has 0 bridgehead atoms. The van der Waals surface area contributed by atoms with Crippen molar-refractivity contribution >= 4 is 27.5 Å². The average Bonchev–Trinajstić information content (AvgIpc) is 2.89. The molecule has 1 heterocycles. The summed E-state index contributed by atoms with van der Waals surface area (Å²) in [5, 5.41) is 4.23. The molecule has 2 aromatic rings. The van der Waals surface area contributed by atoms with E-state index in [2.05, 4.69) is 51.7 Å². The molecular weight excluding hydrogens is 355 g/mol. The number of halogens is 2. The number of nitrogens with one attached hydrogen (secondary N) is 1. The fraction of sp³-hybridized carbons (Fsp3) is 0.429. The second kappa shape index (κ2) is 6.48. The summed E-state index contributed by atoms with van der Waals surface area (Å²) in [6, 6.07) is 4.48. The van der Waals surface area contributed by atoms with E-state index in [4.69, 9.17) is 5.84 Å². The Hall–Kier alpha value is -0.890. The number of hydrogen-bond donors (Lipinski definition) is 2. The Morgan fingerprint density at radius 3 is 2.76 bits per heavy atom. The van der Waals surface area contributed by atoms with Crippen LogP contribution >= 0.6 is 27.5 Å². The largest absolute Gasteiger partial charge is 0.271 e. The molecule has 1 aromatic carbocycles. The van der Waals surface area contributed by atoms with Gasteiger partial charge in [-0.2, -0.15) is 0 Å². The van der Waals surface area contributed by atoms with E-state index in [0.29, 0.717) is 6.42 Å². The van der Waals surface area contributed by atoms with Crippen LogP contribution in [-0.2, 0) is 11.8 Å². The molecule has 0 aliphatic heterocycles. The van der Waals surface area contributed by atoms with Crippen LogP contribution in [0.3, 0.4) is 0 Å². The summed E-state index contributed by atoms with van der Waals surface area (Å²) in [7, 11) is 0. The molecule has 1 aromatic heterocycles. The Kier molecular flexibility index (Phi) is 5.08. The fourth-order valence-corrected chi connectivity index (χ4v) is 3.42. The van der Waals surface area contributed by atoms with Gasteiger partial charge in [0.05, 0.1) is 16.6 Å². The van der Waals surface area contributed by atoms with Gasteiger partial charge in [0, 0.05) is 9.89 Å². The van der Waals surface area contributed by atoms with Crippen LogP contribution in [0.15, 0.2) is 22.7 Å². The van der Waals surface area contributed by atoms with Gasteiger partial charge in [-0.05, 0) is 41.7 Å². The van der Waals surface area contributed by atoms with E-state index in [1.807, 2.05) is 0 Å². The maximum absolute atomic E-state index is 13.4. The lowest BCUT2D eigenvalue weighted by molar-refractivity contribution is 0.514. The Morgan fingerprint density at radius 2 is 2.14 bits per heavy atom. The van der Waals surface area contributed by atoms with E-state index in [1.165, 1.54) is 23.7 Å². The lowest BCUT2D eigenvalue weighted by Gasteiger charge is -2.21. The smallest absolute Gasteiger partial charge is 0.123 e. The van der Waals surface area contributed by atoms with Crippen molar-refractivity contribution < 1.29 is 4.39 Å². The quantitative estimate of drug-likeness (QED) is 0.636. The number of nitrogens with zero attached hydrogens (tertiary/aromatic N) is 2. The summed E-state index contributed by atoms with van der Waals surface area (Å²) in [6.45, 7) is 6.25. The van der Waals surface area contributed by atoms with E-state index in [1.54, 1.807) is 6.07 Å². The highest BCUT2D eigenvalue weighted by atomic mass is 79.9. The number of benzene rings is 1. The van der Waals surface area contributed by atoms with E-state index in [-0.39, 0.29) is 17.3 Å². The molecule has 1 atom stereocenters. The van der Waals surface area contributed by atoms with Gasteiger partial charge in [-0.15, -0.1) is 5.10 Å². The van der Waals surface area contributed by atoms with Crippen LogP contribution in [0, 0.1) is 5.82 Å². The molecule has 114 valence electrons. The second-order valence-electron chi connectivity index (χ2n) is 5.89. The molecule has 3 N–H and O–H groups in total. The summed E-state index contributed by atoms with van der Waals surface area (Å²) in [4.78, 5) is 0.987. The van der Waals surface area contributed by atoms with Gasteiger partial charge in [0.2, 0.25) is 0 Å². The predicted octanol–water partition coefficient (Wildman–Crippen LogP) is 3.48. The van der Waals surface area contributed by atoms with Crippen LogP contribution in [0.2, 0.25) is 0 Å². The van der Waals surface area contributed by atoms with Gasteiger partial charge in [-0.3, -0.25) is 11.3 Å². The first-order chi connectivity index (χ1) is 9.82. The third-order valence-electron chi connectivity index (χ3n) is 3.17. The Balaban J connectivity index is 2.33. The number of hydrogen-bond acceptors (Lipinski definition) is 5. The maximum Gasteiger partial charge on any atom is 0.123 e. The zero-order valence-corrected chi connectivity index (χ0v) is 14.6. The number of aromatic nitrogens is 2. The number of rotatable bonds is 4. The van der Waals surface area contributed by atoms with Gasteiger partial charge in [-0.25, -0.2) is 4.39 Å². The van der Waals surface area contributed by atoms with Crippen LogP contribution < -0.4 is 11.3 Å². The van der Waals surface area contributed by atoms with Crippen molar-refractivity contribution in [3.05, 3.63) is 44.6 Å². The maximum atomic E-state index is 13.4. The first kappa shape index (κ1) is 16.5. The van der Waals surface area contributed by atoms with Crippen molar-refractivity contribution in [3.63, 3.8) is 0 Å². The highest BCUT2D eigenvalue weighted by Gasteiger charge is 2.27. The van der Waals surface area contributed by atoms with Gasteiger partial charge < -0.3 is 0 Å². The van der Waals surface area contributed by atoms with Crippen LogP contribution in [0.5, 0.6) is 0 Å². The zero-order valence-electron chi connectivity index (χ0n) is 12.2. The van der Waals surface area contributed by atoms with E-state index in [9.17, 15) is 4.39 Å². The highest BCUT2D eigenvalue weighted by Crippen LogP contribution is 2.32. The molecule has 1 unspecified atom stereocenters. The lowest BCUT2D eigenvalue weighted by atomic mass is 9.89. The van der Waals surface area contributed by atoms with Crippen LogP contribution in [0.4, 0.5) is 4.39 Å². The normalized spacial score (nSPS) is 13.4. The minimum atomic E-state index is -0.262. The minimum absolute atomic E-state index is 0.114. The molecule has 0 aliphatic rings. The standard InChI is InChI=1S/C14H18BrFN4S/c1-14(2,3)13-12(21-20-19-13)11(18-17)7-8-6-9(16)4-5-10(8)15/h4-6,11,18H,7,17H2,1-3H3. The third kappa shape index (κ3) is 3.85. The Morgan fingerprint density at radius 1 is 1.43 bits per heavy atom. The summed E-state index contributed by atoms with van der Waals surface area (Å²) in [6.07, 6.45) is 0.557. The summed E-state index contributed by atoms with van der Waals surface area (Å²) in [5.41, 5.74) is 4.46. The first-order valence-corrected chi connectivity index (χ1v) is 8.12. The Bertz CT molecular complexity index is 624. The van der Waals surface area contributed by atoms with Gasteiger partial charge in [0.25, 0.3) is 0 Å². The van der Waals surface area contributed by atoms with Crippen molar-refractivity contribution in [2.75, 3.05) is 0 Å². The van der Waals surface area contributed by atoms with E-state index in [0.717, 1.165) is 20.6 Å². The van der Waals surface area contributed by atoms with Crippen molar-refractivity contribution in [1.82, 2.24) is 15.0 Å². The summed E-state index contributed by atoms with van der Waals surface area (Å²) in [5.74, 6) is 5.44. The van der Waals surface area contributed by atoms with Gasteiger partial charge >= 0.3 is 0 Å². The zero-order chi connectivity index (χ0) is 15.6. The molecule has 0 radical (unpaired) electrons. The number of nitrogens with two attached hydrogens (primary N) is 1. The van der Waals surface area contributed by atoms with Gasteiger partial charge in [0.15, 0.2) is 0 Å². The highest BCUT2D eigenvalue weighted by molar-refractivity contribution is 9.10. The van der Waals surface area contributed by atoms with E-state index < -0.39 is 0 Å². The molecule has 2 rings (SSSR count). The van der Waals surface area contributed by atoms with Crippen LogP contribution in [0.25, 0.3) is 0 Å². The molecule has 0 amide bonds. The molecule has 21 heavy (non-hydrogen) atoms. The molecule has 7 heteroatoms. The monoisotopic (exact) mass is 372 g/mol. The molecular formula is C14H18BrFN4S. The molecule has 4 nitrogen and oxygen atoms in total. The number of hydrazine groups is 1. The molecule has 0 spiro atoms. The van der Waals surface area contributed by atoms with E-state index >= 15 is 0 Å². The van der Waals surface area contributed by atoms with Crippen LogP contribution in [0.1, 0.15) is 42.9 Å². The van der Waals surface area contributed by atoms with Crippen molar-refractivity contribution in [2.24, 2.45) is 5.84 Å². The first-order valence-electron chi connectivity index (χ1n) is 6.55. The van der Waals surface area contributed by atoms with Crippen LogP contribution in [-0.4, -0.2) is 9.59 Å². The van der Waals surface area contributed by atoms with Crippen molar-refractivity contribution in [3.8, 4) is 0 Å². The third-order valence-corrected chi connectivity index (χ3v) is 4.78. The summed E-state index contributed by atoms with van der Waals surface area (Å²) < 4.78 is 18.3. The fourth-order valence-electron chi connectivity index (χ4n) is 2.09. The minimum Gasteiger partial charge on any atom is -0.271 e. The molecule has 0 aliphatic carbocycles. The molecule has 0 saturated heterocycles.